The highest BCUT2D eigenvalue weighted by atomic mass is 32.1. The highest BCUT2D eigenvalue weighted by Crippen LogP contribution is 2.33. The zero-order valence-electron chi connectivity index (χ0n) is 7.84. The van der Waals surface area contributed by atoms with Crippen LogP contribution >= 0.6 is 11.3 Å². The molecule has 0 spiro atoms. The summed E-state index contributed by atoms with van der Waals surface area (Å²) >= 11 is 0.426. The molecule has 0 N–H and O–H groups in total. The first kappa shape index (κ1) is 12.4. The van der Waals surface area contributed by atoms with Gasteiger partial charge in [0.1, 0.15) is 5.69 Å². The molecule has 0 aliphatic heterocycles. The van der Waals surface area contributed by atoms with Gasteiger partial charge < -0.3 is 0 Å². The molecule has 0 saturated heterocycles. The number of hydrogen-bond donors (Lipinski definition) is 0. The van der Waals surface area contributed by atoms with Crippen LogP contribution in [-0.2, 0) is 12.7 Å². The number of rotatable bonds is 2. The summed E-state index contributed by atoms with van der Waals surface area (Å²) in [5, 5.41) is 0. The van der Waals surface area contributed by atoms with Gasteiger partial charge in [0.2, 0.25) is 0 Å². The molecule has 0 aromatic carbocycles. The lowest BCUT2D eigenvalue weighted by Gasteiger charge is -2.09. The number of hydrogen-bond acceptors (Lipinski definition) is 2. The van der Waals surface area contributed by atoms with Crippen LogP contribution in [0.25, 0.3) is 0 Å². The summed E-state index contributed by atoms with van der Waals surface area (Å²) in [4.78, 5) is 10.2. The number of nitrogens with zero attached hydrogens (tertiary/aromatic N) is 1. The molecule has 0 unspecified atom stereocenters. The minimum absolute atomic E-state index is 0.296. The first-order chi connectivity index (χ1) is 7.41. The number of thiazole rings is 1. The molecule has 0 saturated carbocycles. The maximum atomic E-state index is 12.7. The molecule has 1 radical (unpaired) electrons. The maximum absolute atomic E-state index is 12.7. The van der Waals surface area contributed by atoms with Crippen LogP contribution in [0.15, 0.2) is 4.79 Å². The Morgan fingerprint density at radius 1 is 1.44 bits per heavy atom. The van der Waals surface area contributed by atoms with Crippen molar-refractivity contribution < 1.29 is 13.2 Å². The van der Waals surface area contributed by atoms with E-state index in [1.54, 1.807) is 0 Å². The lowest BCUT2D eigenvalue weighted by atomic mass is 10.3. The third-order valence-corrected chi connectivity index (χ3v) is 2.58. The standard InChI is InChI=1S/C10H5F3NOS/c1-3-5-7-8(10(11,12)13)14(6-4-2)9(15)16-7/h1-2,5H,6H2. The summed E-state index contributed by atoms with van der Waals surface area (Å²) in [6, 6.07) is 0. The van der Waals surface area contributed by atoms with Gasteiger partial charge in [0, 0.05) is 0 Å². The minimum Gasteiger partial charge on any atom is -0.283 e. The highest BCUT2D eigenvalue weighted by molar-refractivity contribution is 7.09. The molecule has 0 bridgehead atoms. The van der Waals surface area contributed by atoms with E-state index in [-0.39, 0.29) is 4.88 Å². The summed E-state index contributed by atoms with van der Waals surface area (Å²) in [6.07, 6.45) is 6.04. The SMILES string of the molecule is C#C[CH]c1sc(=O)n(CC#C)c1C(F)(F)F. The number of alkyl halides is 3. The van der Waals surface area contributed by atoms with E-state index in [0.29, 0.717) is 15.9 Å². The van der Waals surface area contributed by atoms with Gasteiger partial charge >= 0.3 is 11.0 Å². The molecule has 1 heterocycles. The second kappa shape index (κ2) is 4.46. The lowest BCUT2D eigenvalue weighted by molar-refractivity contribution is -0.143. The molecule has 0 fully saturated rings. The van der Waals surface area contributed by atoms with Crippen molar-refractivity contribution in [2.45, 2.75) is 12.7 Å². The lowest BCUT2D eigenvalue weighted by Crippen LogP contribution is -2.21. The fraction of sp³-hybridized carbons (Fsp3) is 0.200. The minimum atomic E-state index is -4.65. The summed E-state index contributed by atoms with van der Waals surface area (Å²) in [5.74, 6) is 3.96. The normalized spacial score (nSPS) is 10.8. The largest absolute Gasteiger partial charge is 0.432 e. The molecule has 1 rings (SSSR count). The van der Waals surface area contributed by atoms with E-state index in [1.807, 2.05) is 11.8 Å². The molecule has 1 aromatic heterocycles. The topological polar surface area (TPSA) is 22.0 Å². The Kier molecular flexibility index (Phi) is 3.46. The molecule has 0 aliphatic carbocycles. The number of aromatic nitrogens is 1. The van der Waals surface area contributed by atoms with Crippen molar-refractivity contribution >= 4 is 11.3 Å². The maximum Gasteiger partial charge on any atom is 0.432 e. The van der Waals surface area contributed by atoms with Crippen LogP contribution in [0.3, 0.4) is 0 Å². The highest BCUT2D eigenvalue weighted by Gasteiger charge is 2.38. The third kappa shape index (κ3) is 2.29. The van der Waals surface area contributed by atoms with E-state index >= 15 is 0 Å². The van der Waals surface area contributed by atoms with Crippen LogP contribution in [0.1, 0.15) is 10.6 Å². The van der Waals surface area contributed by atoms with Gasteiger partial charge in [-0.05, 0) is 0 Å². The van der Waals surface area contributed by atoms with E-state index in [9.17, 15) is 18.0 Å². The molecule has 0 amide bonds. The fourth-order valence-electron chi connectivity index (χ4n) is 1.12. The molecule has 2 nitrogen and oxygen atoms in total. The van der Waals surface area contributed by atoms with Crippen LogP contribution in [0.4, 0.5) is 13.2 Å². The van der Waals surface area contributed by atoms with Crippen molar-refractivity contribution in [1.82, 2.24) is 4.57 Å². The molecule has 16 heavy (non-hydrogen) atoms. The summed E-state index contributed by atoms with van der Waals surface area (Å²) in [7, 11) is 0. The van der Waals surface area contributed by atoms with E-state index in [2.05, 4.69) is 0 Å². The number of terminal acetylenes is 2. The zero-order valence-corrected chi connectivity index (χ0v) is 8.65. The molecule has 83 valence electrons. The van der Waals surface area contributed by atoms with Gasteiger partial charge in [-0.3, -0.25) is 9.36 Å². The van der Waals surface area contributed by atoms with E-state index < -0.39 is 23.3 Å². The first-order valence-corrected chi connectivity index (χ1v) is 4.77. The number of halogens is 3. The Morgan fingerprint density at radius 2 is 2.06 bits per heavy atom. The third-order valence-electron chi connectivity index (χ3n) is 1.65. The quantitative estimate of drug-likeness (QED) is 0.726. The van der Waals surface area contributed by atoms with Gasteiger partial charge in [0.15, 0.2) is 0 Å². The van der Waals surface area contributed by atoms with Crippen LogP contribution in [-0.4, -0.2) is 4.57 Å². The average Bonchev–Trinajstić information content (AvgIpc) is 2.43. The molecular formula is C10H5F3NOS. The van der Waals surface area contributed by atoms with Crippen molar-refractivity contribution in [3.63, 3.8) is 0 Å². The van der Waals surface area contributed by atoms with Crippen LogP contribution in [0.5, 0.6) is 0 Å². The Labute approximate surface area is 93.7 Å². The predicted octanol–water partition coefficient (Wildman–Crippen LogP) is 1.75. The molecule has 6 heteroatoms. The molecule has 0 aliphatic rings. The summed E-state index contributed by atoms with van der Waals surface area (Å²) < 4.78 is 38.5. The predicted molar refractivity (Wildman–Crippen MR) is 54.6 cm³/mol. The average molecular weight is 244 g/mol. The van der Waals surface area contributed by atoms with Crippen molar-refractivity contribution in [2.75, 3.05) is 0 Å². The van der Waals surface area contributed by atoms with Gasteiger partial charge in [-0.1, -0.05) is 23.2 Å². The Balaban J connectivity index is 3.46. The Hall–Kier alpha value is -1.66. The Morgan fingerprint density at radius 3 is 2.50 bits per heavy atom. The zero-order chi connectivity index (χ0) is 12.3. The van der Waals surface area contributed by atoms with Gasteiger partial charge in [0.05, 0.1) is 17.8 Å². The summed E-state index contributed by atoms with van der Waals surface area (Å²) in [6.45, 7) is -0.428. The second-order valence-electron chi connectivity index (χ2n) is 2.68. The van der Waals surface area contributed by atoms with Crippen molar-refractivity contribution in [2.24, 2.45) is 0 Å². The molecular weight excluding hydrogens is 239 g/mol. The van der Waals surface area contributed by atoms with E-state index in [1.165, 1.54) is 0 Å². The summed E-state index contributed by atoms with van der Waals surface area (Å²) in [5.41, 5.74) is -1.08. The van der Waals surface area contributed by atoms with Gasteiger partial charge in [-0.2, -0.15) is 13.2 Å². The van der Waals surface area contributed by atoms with Gasteiger partial charge in [-0.25, -0.2) is 0 Å². The van der Waals surface area contributed by atoms with Crippen LogP contribution in [0, 0.1) is 31.1 Å². The van der Waals surface area contributed by atoms with Crippen molar-refractivity contribution in [1.29, 1.82) is 0 Å². The van der Waals surface area contributed by atoms with Crippen LogP contribution < -0.4 is 4.87 Å². The smallest absolute Gasteiger partial charge is 0.283 e. The fourth-order valence-corrected chi connectivity index (χ4v) is 2.03. The van der Waals surface area contributed by atoms with E-state index in [0.717, 1.165) is 6.42 Å². The van der Waals surface area contributed by atoms with Crippen molar-refractivity contribution in [3.8, 4) is 24.7 Å². The van der Waals surface area contributed by atoms with Crippen LogP contribution in [0.2, 0.25) is 0 Å². The van der Waals surface area contributed by atoms with Gasteiger partial charge in [-0.15, -0.1) is 12.8 Å². The van der Waals surface area contributed by atoms with E-state index in [4.69, 9.17) is 12.8 Å². The molecule has 0 atom stereocenters. The second-order valence-corrected chi connectivity index (χ2v) is 3.67. The van der Waals surface area contributed by atoms with Crippen molar-refractivity contribution in [3.05, 3.63) is 26.7 Å². The Bertz CT molecular complexity index is 524. The van der Waals surface area contributed by atoms with Gasteiger partial charge in [0.25, 0.3) is 0 Å². The first-order valence-electron chi connectivity index (χ1n) is 3.95. The molecule has 1 aromatic rings. The monoisotopic (exact) mass is 244 g/mol.